The van der Waals surface area contributed by atoms with Crippen LogP contribution in [0.4, 0.5) is 0 Å². The molecule has 0 aliphatic carbocycles. The number of aromatic nitrogens is 1. The molecule has 4 nitrogen and oxygen atoms in total. The van der Waals surface area contributed by atoms with Gasteiger partial charge in [-0.3, -0.25) is 0 Å². The lowest BCUT2D eigenvalue weighted by molar-refractivity contribution is 0.0637. The first-order valence-corrected chi connectivity index (χ1v) is 7.13. The Hall–Kier alpha value is -3.01. The number of fused-ring (bicyclic) bond motifs is 2. The minimum Gasteiger partial charge on any atom is -0.423 e. The van der Waals surface area contributed by atoms with Gasteiger partial charge in [-0.05, 0) is 18.2 Å². The number of H-pyrrole nitrogens is 1. The third kappa shape index (κ3) is 2.15. The number of aromatic amines is 1. The van der Waals surface area contributed by atoms with E-state index < -0.39 is 0 Å². The summed E-state index contributed by atoms with van der Waals surface area (Å²) in [7, 11) is 0. The van der Waals surface area contributed by atoms with Gasteiger partial charge in [0, 0.05) is 41.6 Å². The molecule has 0 saturated carbocycles. The molecule has 1 aromatic heterocycles. The molecule has 4 rings (SSSR count). The molecular weight excluding hydrogens is 276 g/mol. The normalized spacial score (nSPS) is 16.3. The van der Waals surface area contributed by atoms with Gasteiger partial charge in [-0.1, -0.05) is 30.4 Å². The topological polar surface area (TPSA) is 45.3 Å². The number of nitrogens with one attached hydrogen (secondary N) is 1. The van der Waals surface area contributed by atoms with Crippen molar-refractivity contribution < 1.29 is 9.53 Å². The van der Waals surface area contributed by atoms with Crippen molar-refractivity contribution in [1.29, 1.82) is 0 Å². The van der Waals surface area contributed by atoms with Crippen molar-refractivity contribution in [2.24, 2.45) is 0 Å². The van der Waals surface area contributed by atoms with E-state index in [2.05, 4.69) is 16.0 Å². The molecule has 2 aliphatic rings. The minimum absolute atomic E-state index is 0.353. The molecule has 0 fully saturated rings. The first-order valence-electron chi connectivity index (χ1n) is 7.13. The lowest BCUT2D eigenvalue weighted by Gasteiger charge is -2.25. The van der Waals surface area contributed by atoms with Gasteiger partial charge in [0.25, 0.3) is 0 Å². The highest BCUT2D eigenvalue weighted by Crippen LogP contribution is 2.23. The maximum Gasteiger partial charge on any atom is 0.345 e. The monoisotopic (exact) mass is 290 g/mol. The summed E-state index contributed by atoms with van der Waals surface area (Å²) in [5.74, 6) is 0.196. The molecule has 0 saturated heterocycles. The predicted molar refractivity (Wildman–Crippen MR) is 84.9 cm³/mol. The SMILES string of the molecule is O=C(OC1=CC2=CC=CCN2C=C1)c1c[nH]c2ccccc12. The number of ether oxygens (including phenoxy) is 1. The van der Waals surface area contributed by atoms with E-state index in [1.54, 1.807) is 6.20 Å². The molecule has 1 aromatic carbocycles. The molecule has 0 bridgehead atoms. The third-order valence-corrected chi connectivity index (χ3v) is 3.77. The summed E-state index contributed by atoms with van der Waals surface area (Å²) in [6, 6.07) is 7.68. The van der Waals surface area contributed by atoms with Crippen LogP contribution in [0.5, 0.6) is 0 Å². The maximum atomic E-state index is 12.4. The van der Waals surface area contributed by atoms with Gasteiger partial charge in [0.15, 0.2) is 0 Å². The molecule has 0 amide bonds. The Morgan fingerprint density at radius 1 is 1.27 bits per heavy atom. The molecule has 0 radical (unpaired) electrons. The van der Waals surface area contributed by atoms with E-state index in [1.165, 1.54) is 0 Å². The smallest absolute Gasteiger partial charge is 0.345 e. The molecule has 4 heteroatoms. The van der Waals surface area contributed by atoms with Crippen molar-refractivity contribution in [2.45, 2.75) is 0 Å². The second kappa shape index (κ2) is 5.07. The van der Waals surface area contributed by atoms with Crippen molar-refractivity contribution in [3.63, 3.8) is 0 Å². The lowest BCUT2D eigenvalue weighted by Crippen LogP contribution is -2.20. The van der Waals surface area contributed by atoms with E-state index in [9.17, 15) is 4.79 Å². The van der Waals surface area contributed by atoms with Crippen molar-refractivity contribution in [3.8, 4) is 0 Å². The molecular formula is C18H14N2O2. The summed E-state index contributed by atoms with van der Waals surface area (Å²) in [4.78, 5) is 17.6. The van der Waals surface area contributed by atoms with Gasteiger partial charge in [-0.25, -0.2) is 4.79 Å². The van der Waals surface area contributed by atoms with Crippen LogP contribution in [0.3, 0.4) is 0 Å². The number of hydrogen-bond donors (Lipinski definition) is 1. The molecule has 108 valence electrons. The van der Waals surface area contributed by atoms with Crippen molar-refractivity contribution in [1.82, 2.24) is 9.88 Å². The molecule has 2 aliphatic heterocycles. The van der Waals surface area contributed by atoms with E-state index in [-0.39, 0.29) is 5.97 Å². The number of para-hydroxylation sites is 1. The van der Waals surface area contributed by atoms with Gasteiger partial charge >= 0.3 is 5.97 Å². The standard InChI is InChI=1S/C18H14N2O2/c21-18(16-12-19-17-7-2-1-6-15(16)17)22-14-8-10-20-9-4-3-5-13(20)11-14/h1-8,10-12,19H,9H2. The van der Waals surface area contributed by atoms with Gasteiger partial charge in [0.05, 0.1) is 5.56 Å². The minimum atomic E-state index is -0.353. The van der Waals surface area contributed by atoms with Crippen LogP contribution in [-0.2, 0) is 4.74 Å². The van der Waals surface area contributed by atoms with Crippen LogP contribution in [0, 0.1) is 0 Å². The second-order valence-corrected chi connectivity index (χ2v) is 5.17. The van der Waals surface area contributed by atoms with Crippen LogP contribution in [0.25, 0.3) is 10.9 Å². The summed E-state index contributed by atoms with van der Waals surface area (Å²) >= 11 is 0. The zero-order valence-corrected chi connectivity index (χ0v) is 11.8. The van der Waals surface area contributed by atoms with Crippen LogP contribution in [0.2, 0.25) is 0 Å². The van der Waals surface area contributed by atoms with E-state index in [4.69, 9.17) is 4.74 Å². The Balaban J connectivity index is 1.60. The van der Waals surface area contributed by atoms with Crippen LogP contribution in [-0.4, -0.2) is 22.4 Å². The van der Waals surface area contributed by atoms with E-state index in [1.807, 2.05) is 54.8 Å². The summed E-state index contributed by atoms with van der Waals surface area (Å²) in [5, 5.41) is 0.870. The average Bonchev–Trinajstić information content (AvgIpc) is 2.99. The highest BCUT2D eigenvalue weighted by molar-refractivity contribution is 6.04. The van der Waals surface area contributed by atoms with Crippen LogP contribution < -0.4 is 0 Å². The Labute approximate surface area is 127 Å². The van der Waals surface area contributed by atoms with Gasteiger partial charge in [-0.2, -0.15) is 0 Å². The van der Waals surface area contributed by atoms with Crippen LogP contribution in [0.1, 0.15) is 10.4 Å². The molecule has 2 aromatic rings. The molecule has 0 spiro atoms. The lowest BCUT2D eigenvalue weighted by atomic mass is 10.1. The summed E-state index contributed by atoms with van der Waals surface area (Å²) in [5.41, 5.74) is 2.49. The molecule has 0 atom stereocenters. The fourth-order valence-corrected chi connectivity index (χ4v) is 2.64. The fourth-order valence-electron chi connectivity index (χ4n) is 2.64. The highest BCUT2D eigenvalue weighted by atomic mass is 16.5. The fraction of sp³-hybridized carbons (Fsp3) is 0.0556. The second-order valence-electron chi connectivity index (χ2n) is 5.17. The summed E-state index contributed by atoms with van der Waals surface area (Å²) < 4.78 is 5.52. The number of rotatable bonds is 2. The van der Waals surface area contributed by atoms with Crippen molar-refractivity contribution >= 4 is 16.9 Å². The van der Waals surface area contributed by atoms with Gasteiger partial charge in [-0.15, -0.1) is 0 Å². The zero-order chi connectivity index (χ0) is 14.9. The summed E-state index contributed by atoms with van der Waals surface area (Å²) in [6.45, 7) is 0.836. The Morgan fingerprint density at radius 2 is 2.18 bits per heavy atom. The predicted octanol–water partition coefficient (Wildman–Crippen LogP) is 3.49. The van der Waals surface area contributed by atoms with Crippen LogP contribution >= 0.6 is 0 Å². The Bertz CT molecular complexity index is 868. The first kappa shape index (κ1) is 12.7. The number of nitrogens with zero attached hydrogens (tertiary/aromatic N) is 1. The molecule has 22 heavy (non-hydrogen) atoms. The van der Waals surface area contributed by atoms with Gasteiger partial charge in [0.2, 0.25) is 0 Å². The van der Waals surface area contributed by atoms with Gasteiger partial charge in [0.1, 0.15) is 5.76 Å². The first-order chi connectivity index (χ1) is 10.8. The number of esters is 1. The van der Waals surface area contributed by atoms with Crippen molar-refractivity contribution in [2.75, 3.05) is 6.54 Å². The largest absolute Gasteiger partial charge is 0.423 e. The van der Waals surface area contributed by atoms with Gasteiger partial charge < -0.3 is 14.6 Å². The number of hydrogen-bond acceptors (Lipinski definition) is 3. The highest BCUT2D eigenvalue weighted by Gasteiger charge is 2.17. The number of carbonyl (C=O) groups excluding carboxylic acids is 1. The van der Waals surface area contributed by atoms with E-state index in [0.29, 0.717) is 11.3 Å². The average molecular weight is 290 g/mol. The maximum absolute atomic E-state index is 12.4. The van der Waals surface area contributed by atoms with E-state index >= 15 is 0 Å². The molecule has 0 unspecified atom stereocenters. The quantitative estimate of drug-likeness (QED) is 0.861. The number of carbonyl (C=O) groups is 1. The summed E-state index contributed by atoms with van der Waals surface area (Å²) in [6.07, 6.45) is 13.4. The molecule has 3 heterocycles. The molecule has 1 N–H and O–H groups in total. The van der Waals surface area contributed by atoms with Crippen molar-refractivity contribution in [3.05, 3.63) is 84.1 Å². The number of benzene rings is 1. The van der Waals surface area contributed by atoms with E-state index in [0.717, 1.165) is 23.1 Å². The third-order valence-electron chi connectivity index (χ3n) is 3.77. The number of allylic oxidation sites excluding steroid dienone is 4. The zero-order valence-electron chi connectivity index (χ0n) is 11.8. The van der Waals surface area contributed by atoms with Crippen LogP contribution in [0.15, 0.2) is 78.5 Å². The Morgan fingerprint density at radius 3 is 3.14 bits per heavy atom. The Kier molecular flexibility index (Phi) is 2.93.